The molecule has 0 amide bonds. The summed E-state index contributed by atoms with van der Waals surface area (Å²) in [7, 11) is 0. The lowest BCUT2D eigenvalue weighted by Gasteiger charge is -2.05. The van der Waals surface area contributed by atoms with Crippen LogP contribution in [-0.2, 0) is 0 Å². The molecule has 75 valence electrons. The number of nitrogens with zero attached hydrogens (tertiary/aromatic N) is 2. The van der Waals surface area contributed by atoms with Gasteiger partial charge in [-0.1, -0.05) is 19.1 Å². The molecule has 0 N–H and O–H groups in total. The summed E-state index contributed by atoms with van der Waals surface area (Å²) in [4.78, 5) is 9.99. The lowest BCUT2D eigenvalue weighted by Crippen LogP contribution is -1.96. The number of nitriles is 1. The second-order valence-corrected chi connectivity index (χ2v) is 2.99. The van der Waals surface area contributed by atoms with Crippen molar-refractivity contribution in [2.45, 2.75) is 6.92 Å². The summed E-state index contributed by atoms with van der Waals surface area (Å²) in [6, 6.07) is 6.24. The second kappa shape index (κ2) is 4.38. The van der Waals surface area contributed by atoms with Crippen LogP contribution in [0.5, 0.6) is 0 Å². The van der Waals surface area contributed by atoms with E-state index in [1.165, 1.54) is 12.1 Å². The Morgan fingerprint density at radius 3 is 2.80 bits per heavy atom. The average molecular weight is 201 g/mol. The van der Waals surface area contributed by atoms with Gasteiger partial charge < -0.3 is 0 Å². The topological polar surface area (TPSA) is 66.9 Å². The lowest BCUT2D eigenvalue weighted by molar-refractivity contribution is -0.385. The summed E-state index contributed by atoms with van der Waals surface area (Å²) in [5.74, 6) is 0.876. The maximum absolute atomic E-state index is 10.6. The summed E-state index contributed by atoms with van der Waals surface area (Å²) in [5, 5.41) is 19.3. The molecule has 0 spiro atoms. The molecule has 15 heavy (non-hydrogen) atoms. The average Bonchev–Trinajstić information content (AvgIpc) is 2.26. The summed E-state index contributed by atoms with van der Waals surface area (Å²) in [6.45, 7) is 5.42. The van der Waals surface area contributed by atoms with Gasteiger partial charge in [0, 0.05) is 12.0 Å². The van der Waals surface area contributed by atoms with Gasteiger partial charge in [-0.05, 0) is 11.6 Å². The van der Waals surface area contributed by atoms with Crippen molar-refractivity contribution in [3.8, 4) is 6.07 Å². The van der Waals surface area contributed by atoms with Crippen LogP contribution < -0.4 is 0 Å². The van der Waals surface area contributed by atoms with E-state index in [1.54, 1.807) is 18.2 Å². The molecule has 4 nitrogen and oxygen atoms in total. The molecular formula is C11H9N2O2. The van der Waals surface area contributed by atoms with Gasteiger partial charge in [-0.15, -0.1) is 6.58 Å². The molecular weight excluding hydrogens is 192 g/mol. The van der Waals surface area contributed by atoms with Crippen molar-refractivity contribution in [1.82, 2.24) is 0 Å². The standard InChI is InChI=1S/C11H9N2O2/c1-3-8(2)9-4-5-11(13(14)15)10(6-9)7-12/h3-6H,1H2,2H3. The fourth-order valence-corrected chi connectivity index (χ4v) is 1.15. The summed E-state index contributed by atoms with van der Waals surface area (Å²) >= 11 is 0. The predicted molar refractivity (Wildman–Crippen MR) is 56.0 cm³/mol. The molecule has 0 bridgehead atoms. The van der Waals surface area contributed by atoms with Gasteiger partial charge in [0.15, 0.2) is 0 Å². The largest absolute Gasteiger partial charge is 0.287 e. The van der Waals surface area contributed by atoms with Gasteiger partial charge in [0.2, 0.25) is 0 Å². The Kier molecular flexibility index (Phi) is 3.19. The first-order valence-electron chi connectivity index (χ1n) is 4.25. The van der Waals surface area contributed by atoms with E-state index in [-0.39, 0.29) is 11.3 Å². The Morgan fingerprint density at radius 2 is 2.33 bits per heavy atom. The van der Waals surface area contributed by atoms with Gasteiger partial charge in [-0.3, -0.25) is 10.1 Å². The Balaban J connectivity index is 3.26. The van der Waals surface area contributed by atoms with Crippen LogP contribution >= 0.6 is 0 Å². The summed E-state index contributed by atoms with van der Waals surface area (Å²) in [5.41, 5.74) is 0.670. The van der Waals surface area contributed by atoms with Gasteiger partial charge in [-0.2, -0.15) is 5.26 Å². The van der Waals surface area contributed by atoms with Crippen LogP contribution in [-0.4, -0.2) is 4.92 Å². The minimum absolute atomic E-state index is 0.0682. The van der Waals surface area contributed by atoms with Crippen molar-refractivity contribution in [3.63, 3.8) is 0 Å². The van der Waals surface area contributed by atoms with Crippen molar-refractivity contribution < 1.29 is 4.92 Å². The summed E-state index contributed by atoms with van der Waals surface area (Å²) < 4.78 is 0. The molecule has 0 heterocycles. The molecule has 0 aromatic heterocycles. The smallest absolute Gasteiger partial charge is 0.258 e. The first kappa shape index (κ1) is 10.9. The molecule has 1 radical (unpaired) electrons. The third-order valence-electron chi connectivity index (χ3n) is 2.08. The highest BCUT2D eigenvalue weighted by molar-refractivity contribution is 5.53. The van der Waals surface area contributed by atoms with Crippen molar-refractivity contribution >= 4 is 5.69 Å². The molecule has 4 heteroatoms. The van der Waals surface area contributed by atoms with Crippen molar-refractivity contribution in [3.05, 3.63) is 58.0 Å². The molecule has 0 aliphatic rings. The summed E-state index contributed by atoms with van der Waals surface area (Å²) in [6.07, 6.45) is 1.64. The highest BCUT2D eigenvalue weighted by atomic mass is 16.6. The third-order valence-corrected chi connectivity index (χ3v) is 2.08. The second-order valence-electron chi connectivity index (χ2n) is 2.99. The van der Waals surface area contributed by atoms with E-state index in [2.05, 4.69) is 6.58 Å². The molecule has 0 aliphatic carbocycles. The molecule has 1 aromatic rings. The van der Waals surface area contributed by atoms with E-state index in [1.807, 2.05) is 6.92 Å². The predicted octanol–water partition coefficient (Wildman–Crippen LogP) is 2.59. The van der Waals surface area contributed by atoms with Crippen LogP contribution in [0.2, 0.25) is 0 Å². The molecule has 1 rings (SSSR count). The molecule has 1 aromatic carbocycles. The van der Waals surface area contributed by atoms with Crippen LogP contribution in [0, 0.1) is 27.4 Å². The number of nitro benzene ring substituents is 1. The van der Waals surface area contributed by atoms with Gasteiger partial charge in [-0.25, -0.2) is 0 Å². The van der Waals surface area contributed by atoms with E-state index < -0.39 is 4.92 Å². The van der Waals surface area contributed by atoms with E-state index in [0.29, 0.717) is 0 Å². The van der Waals surface area contributed by atoms with Crippen LogP contribution in [0.4, 0.5) is 5.69 Å². The molecule has 0 atom stereocenters. The monoisotopic (exact) mass is 201 g/mol. The Bertz CT molecular complexity index is 446. The minimum Gasteiger partial charge on any atom is -0.258 e. The van der Waals surface area contributed by atoms with E-state index in [9.17, 15) is 10.1 Å². The zero-order valence-corrected chi connectivity index (χ0v) is 8.23. The molecule has 0 aliphatic heterocycles. The molecule has 0 saturated carbocycles. The number of allylic oxidation sites excluding steroid dienone is 1. The van der Waals surface area contributed by atoms with Crippen molar-refractivity contribution in [1.29, 1.82) is 5.26 Å². The third kappa shape index (κ3) is 2.20. The van der Waals surface area contributed by atoms with Gasteiger partial charge in [0.1, 0.15) is 11.6 Å². The van der Waals surface area contributed by atoms with Gasteiger partial charge >= 0.3 is 0 Å². The quantitative estimate of drug-likeness (QED) is 0.557. The van der Waals surface area contributed by atoms with E-state index in [4.69, 9.17) is 5.26 Å². The lowest BCUT2D eigenvalue weighted by atomic mass is 9.99. The fourth-order valence-electron chi connectivity index (χ4n) is 1.15. The Morgan fingerprint density at radius 1 is 1.67 bits per heavy atom. The van der Waals surface area contributed by atoms with Crippen LogP contribution in [0.25, 0.3) is 0 Å². The number of benzene rings is 1. The highest BCUT2D eigenvalue weighted by Gasteiger charge is 2.14. The first-order valence-corrected chi connectivity index (χ1v) is 4.25. The molecule has 0 saturated heterocycles. The fraction of sp³-hybridized carbons (Fsp3) is 0.0909. The number of hydrogen-bond acceptors (Lipinski definition) is 3. The number of nitro groups is 1. The van der Waals surface area contributed by atoms with E-state index in [0.717, 1.165) is 11.5 Å². The van der Waals surface area contributed by atoms with Gasteiger partial charge in [0.05, 0.1) is 4.92 Å². The van der Waals surface area contributed by atoms with Gasteiger partial charge in [0.25, 0.3) is 5.69 Å². The Labute approximate surface area is 87.6 Å². The highest BCUT2D eigenvalue weighted by Crippen LogP contribution is 2.23. The van der Waals surface area contributed by atoms with Crippen LogP contribution in [0.1, 0.15) is 18.1 Å². The molecule has 0 fully saturated rings. The van der Waals surface area contributed by atoms with Crippen molar-refractivity contribution in [2.24, 2.45) is 0 Å². The first-order chi connectivity index (χ1) is 7.10. The zero-order valence-electron chi connectivity index (χ0n) is 8.23. The molecule has 0 unspecified atom stereocenters. The maximum atomic E-state index is 10.6. The van der Waals surface area contributed by atoms with E-state index >= 15 is 0 Å². The van der Waals surface area contributed by atoms with Crippen molar-refractivity contribution in [2.75, 3.05) is 0 Å². The van der Waals surface area contributed by atoms with Crippen LogP contribution in [0.15, 0.2) is 30.9 Å². The number of hydrogen-bond donors (Lipinski definition) is 0. The maximum Gasteiger partial charge on any atom is 0.287 e. The number of rotatable bonds is 3. The minimum atomic E-state index is -0.564. The SMILES string of the molecule is C=C[C](C)c1ccc([N+](=O)[O-])c(C#N)c1. The normalized spacial score (nSPS) is 9.67. The zero-order chi connectivity index (χ0) is 11.4. The Hall–Kier alpha value is -2.15. The van der Waals surface area contributed by atoms with Crippen LogP contribution in [0.3, 0.4) is 0 Å².